The van der Waals surface area contributed by atoms with E-state index in [-0.39, 0.29) is 0 Å². The van der Waals surface area contributed by atoms with Crippen molar-refractivity contribution in [2.24, 2.45) is 11.8 Å². The molecule has 2 unspecified atom stereocenters. The van der Waals surface area contributed by atoms with Crippen LogP contribution in [0.1, 0.15) is 53.4 Å². The van der Waals surface area contributed by atoms with E-state index in [0.29, 0.717) is 17.6 Å². The predicted octanol–water partition coefficient (Wildman–Crippen LogP) is 3.43. The lowest BCUT2D eigenvalue weighted by Gasteiger charge is -2.17. The number of rotatable bonds is 6. The number of Topliss-reactive ketones (excluding diaryl/α,β-unsaturated/α-hetero) is 1. The maximum atomic E-state index is 10.8. The standard InChI is InChI=1S/C11H22O/c1-5-6-7-9(2)10(3)8-11(4)12/h9-10H,5-8H2,1-4H3. The lowest BCUT2D eigenvalue weighted by molar-refractivity contribution is -0.118. The first-order valence-electron chi connectivity index (χ1n) is 5.07. The maximum Gasteiger partial charge on any atom is 0.130 e. The minimum absolute atomic E-state index is 0.325. The van der Waals surface area contributed by atoms with Crippen LogP contribution < -0.4 is 0 Å². The highest BCUT2D eigenvalue weighted by Crippen LogP contribution is 2.20. The first kappa shape index (κ1) is 11.7. The molecule has 0 aromatic heterocycles. The molecule has 72 valence electrons. The van der Waals surface area contributed by atoms with Gasteiger partial charge in [-0.2, -0.15) is 0 Å². The molecule has 0 aliphatic heterocycles. The Morgan fingerprint density at radius 2 is 1.83 bits per heavy atom. The Morgan fingerprint density at radius 3 is 2.25 bits per heavy atom. The van der Waals surface area contributed by atoms with Crippen LogP contribution in [0.4, 0.5) is 0 Å². The van der Waals surface area contributed by atoms with Crippen LogP contribution >= 0.6 is 0 Å². The molecule has 0 N–H and O–H groups in total. The van der Waals surface area contributed by atoms with Gasteiger partial charge in [0.2, 0.25) is 0 Å². The third kappa shape index (κ3) is 5.34. The van der Waals surface area contributed by atoms with Crippen molar-refractivity contribution >= 4 is 5.78 Å². The summed E-state index contributed by atoms with van der Waals surface area (Å²) in [7, 11) is 0. The van der Waals surface area contributed by atoms with Gasteiger partial charge in [0.15, 0.2) is 0 Å². The summed E-state index contributed by atoms with van der Waals surface area (Å²) in [6, 6.07) is 0. The van der Waals surface area contributed by atoms with Crippen LogP contribution in [0.15, 0.2) is 0 Å². The molecule has 2 atom stereocenters. The second-order valence-electron chi connectivity index (χ2n) is 4.00. The van der Waals surface area contributed by atoms with Crippen LogP contribution in [-0.4, -0.2) is 5.78 Å². The Hall–Kier alpha value is -0.330. The summed E-state index contributed by atoms with van der Waals surface area (Å²) >= 11 is 0. The Labute approximate surface area is 76.6 Å². The van der Waals surface area contributed by atoms with Crippen molar-refractivity contribution in [1.82, 2.24) is 0 Å². The highest BCUT2D eigenvalue weighted by molar-refractivity contribution is 5.75. The average Bonchev–Trinajstić information content (AvgIpc) is 1.98. The van der Waals surface area contributed by atoms with Crippen LogP contribution in [0.5, 0.6) is 0 Å². The number of hydrogen-bond acceptors (Lipinski definition) is 1. The molecule has 0 heterocycles. The highest BCUT2D eigenvalue weighted by Gasteiger charge is 2.12. The summed E-state index contributed by atoms with van der Waals surface area (Å²) in [5.41, 5.74) is 0. The van der Waals surface area contributed by atoms with Crippen molar-refractivity contribution in [1.29, 1.82) is 0 Å². The summed E-state index contributed by atoms with van der Waals surface area (Å²) in [5.74, 6) is 1.59. The zero-order chi connectivity index (χ0) is 9.56. The first-order chi connectivity index (χ1) is 5.57. The summed E-state index contributed by atoms with van der Waals surface area (Å²) in [4.78, 5) is 10.8. The fourth-order valence-electron chi connectivity index (χ4n) is 1.47. The van der Waals surface area contributed by atoms with Gasteiger partial charge in [0.1, 0.15) is 5.78 Å². The summed E-state index contributed by atoms with van der Waals surface area (Å²) in [6.45, 7) is 8.33. The van der Waals surface area contributed by atoms with E-state index in [4.69, 9.17) is 0 Å². The van der Waals surface area contributed by atoms with Gasteiger partial charge in [0, 0.05) is 6.42 Å². The molecule has 0 rings (SSSR count). The largest absolute Gasteiger partial charge is 0.300 e. The summed E-state index contributed by atoms with van der Waals surface area (Å²) in [5, 5.41) is 0. The Balaban J connectivity index is 3.60. The van der Waals surface area contributed by atoms with Crippen molar-refractivity contribution in [3.63, 3.8) is 0 Å². The van der Waals surface area contributed by atoms with Gasteiger partial charge in [-0.3, -0.25) is 0 Å². The van der Waals surface area contributed by atoms with E-state index in [1.54, 1.807) is 6.92 Å². The molecule has 0 aromatic carbocycles. The van der Waals surface area contributed by atoms with Crippen molar-refractivity contribution < 1.29 is 4.79 Å². The van der Waals surface area contributed by atoms with Crippen LogP contribution in [0, 0.1) is 11.8 Å². The fourth-order valence-corrected chi connectivity index (χ4v) is 1.47. The van der Waals surface area contributed by atoms with E-state index in [1.807, 2.05) is 0 Å². The van der Waals surface area contributed by atoms with E-state index in [0.717, 1.165) is 6.42 Å². The Kier molecular flexibility index (Phi) is 6.04. The second kappa shape index (κ2) is 6.22. The second-order valence-corrected chi connectivity index (χ2v) is 4.00. The number of carbonyl (C=O) groups is 1. The molecule has 0 saturated carbocycles. The van der Waals surface area contributed by atoms with Crippen LogP contribution in [0.3, 0.4) is 0 Å². The van der Waals surface area contributed by atoms with E-state index >= 15 is 0 Å². The lowest BCUT2D eigenvalue weighted by atomic mass is 9.88. The Bertz CT molecular complexity index is 129. The molecule has 0 bridgehead atoms. The van der Waals surface area contributed by atoms with E-state index in [9.17, 15) is 4.79 Å². The van der Waals surface area contributed by atoms with E-state index in [2.05, 4.69) is 20.8 Å². The van der Waals surface area contributed by atoms with Crippen molar-refractivity contribution in [2.45, 2.75) is 53.4 Å². The van der Waals surface area contributed by atoms with Crippen LogP contribution in [-0.2, 0) is 4.79 Å². The normalized spacial score (nSPS) is 15.7. The first-order valence-corrected chi connectivity index (χ1v) is 5.07. The molecule has 0 amide bonds. The maximum absolute atomic E-state index is 10.8. The van der Waals surface area contributed by atoms with Crippen molar-refractivity contribution in [3.05, 3.63) is 0 Å². The van der Waals surface area contributed by atoms with Gasteiger partial charge in [0.05, 0.1) is 0 Å². The van der Waals surface area contributed by atoms with Gasteiger partial charge in [-0.1, -0.05) is 40.0 Å². The Morgan fingerprint density at radius 1 is 1.25 bits per heavy atom. The monoisotopic (exact) mass is 170 g/mol. The molecule has 0 aliphatic rings. The molecule has 12 heavy (non-hydrogen) atoms. The van der Waals surface area contributed by atoms with Crippen molar-refractivity contribution in [2.75, 3.05) is 0 Å². The van der Waals surface area contributed by atoms with Gasteiger partial charge in [0.25, 0.3) is 0 Å². The molecule has 0 radical (unpaired) electrons. The molecule has 0 aromatic rings. The van der Waals surface area contributed by atoms with Crippen LogP contribution in [0.25, 0.3) is 0 Å². The minimum Gasteiger partial charge on any atom is -0.300 e. The molecular weight excluding hydrogens is 148 g/mol. The van der Waals surface area contributed by atoms with Gasteiger partial charge in [-0.15, -0.1) is 0 Å². The van der Waals surface area contributed by atoms with Gasteiger partial charge < -0.3 is 4.79 Å². The highest BCUT2D eigenvalue weighted by atomic mass is 16.1. The van der Waals surface area contributed by atoms with E-state index < -0.39 is 0 Å². The smallest absolute Gasteiger partial charge is 0.130 e. The third-order valence-corrected chi connectivity index (χ3v) is 2.59. The zero-order valence-corrected chi connectivity index (χ0v) is 8.89. The number of hydrogen-bond donors (Lipinski definition) is 0. The molecule has 1 heteroatoms. The topological polar surface area (TPSA) is 17.1 Å². The fraction of sp³-hybridized carbons (Fsp3) is 0.909. The molecule has 0 spiro atoms. The number of carbonyl (C=O) groups excluding carboxylic acids is 1. The van der Waals surface area contributed by atoms with Gasteiger partial charge in [-0.05, 0) is 18.8 Å². The van der Waals surface area contributed by atoms with E-state index in [1.165, 1.54) is 19.3 Å². The number of ketones is 1. The van der Waals surface area contributed by atoms with Crippen LogP contribution in [0.2, 0.25) is 0 Å². The molecule has 0 fully saturated rings. The third-order valence-electron chi connectivity index (χ3n) is 2.59. The molecular formula is C11H22O. The quantitative estimate of drug-likeness (QED) is 0.597. The van der Waals surface area contributed by atoms with Crippen molar-refractivity contribution in [3.8, 4) is 0 Å². The molecule has 0 saturated heterocycles. The lowest BCUT2D eigenvalue weighted by Crippen LogP contribution is -2.11. The minimum atomic E-state index is 0.325. The molecule has 0 aliphatic carbocycles. The number of unbranched alkanes of at least 4 members (excludes halogenated alkanes) is 1. The molecule has 1 nitrogen and oxygen atoms in total. The van der Waals surface area contributed by atoms with Gasteiger partial charge >= 0.3 is 0 Å². The average molecular weight is 170 g/mol. The zero-order valence-electron chi connectivity index (χ0n) is 8.89. The summed E-state index contributed by atoms with van der Waals surface area (Å²) < 4.78 is 0. The predicted molar refractivity (Wildman–Crippen MR) is 53.2 cm³/mol. The SMILES string of the molecule is CCCCC(C)C(C)CC(C)=O. The van der Waals surface area contributed by atoms with Gasteiger partial charge in [-0.25, -0.2) is 0 Å². The summed E-state index contributed by atoms with van der Waals surface area (Å²) in [6.07, 6.45) is 4.58.